The van der Waals surface area contributed by atoms with E-state index in [1.165, 1.54) is 0 Å². The van der Waals surface area contributed by atoms with Crippen molar-refractivity contribution >= 4 is 51.6 Å². The molecule has 0 aliphatic heterocycles. The zero-order valence-electron chi connectivity index (χ0n) is 11.3. The Hall–Kier alpha value is -0.590. The van der Waals surface area contributed by atoms with Gasteiger partial charge < -0.3 is 5.32 Å². The maximum absolute atomic E-state index is 6.05. The van der Waals surface area contributed by atoms with Crippen molar-refractivity contribution in [3.8, 4) is 11.4 Å². The van der Waals surface area contributed by atoms with Crippen molar-refractivity contribution in [2.24, 2.45) is 0 Å². The molecule has 0 atom stereocenters. The smallest absolute Gasteiger partial charge is 0.161 e. The third-order valence-corrected chi connectivity index (χ3v) is 4.28. The molecule has 0 amide bonds. The highest BCUT2D eigenvalue weighted by Crippen LogP contribution is 2.30. The van der Waals surface area contributed by atoms with Gasteiger partial charge in [-0.15, -0.1) is 0 Å². The standard InChI is InChI=1S/C14H14Cl2IN3/c1-7(2)12-11(17)14(18-3)20-13(19-12)8-4-9(15)6-10(16)5-8/h4-7H,1-3H3,(H,18,19,20). The highest BCUT2D eigenvalue weighted by molar-refractivity contribution is 14.1. The molecule has 1 heterocycles. The van der Waals surface area contributed by atoms with E-state index in [2.05, 4.69) is 51.7 Å². The van der Waals surface area contributed by atoms with Crippen molar-refractivity contribution in [1.82, 2.24) is 9.97 Å². The predicted molar refractivity (Wildman–Crippen MR) is 93.8 cm³/mol. The zero-order valence-corrected chi connectivity index (χ0v) is 15.0. The molecule has 2 aromatic rings. The fraction of sp³-hybridized carbons (Fsp3) is 0.286. The molecule has 20 heavy (non-hydrogen) atoms. The highest BCUT2D eigenvalue weighted by Gasteiger charge is 2.15. The van der Waals surface area contributed by atoms with Crippen LogP contribution in [0.3, 0.4) is 0 Å². The summed E-state index contributed by atoms with van der Waals surface area (Å²) in [6.07, 6.45) is 0. The second-order valence-corrected chi connectivity index (χ2v) is 6.61. The Bertz CT molecular complexity index is 624. The number of nitrogens with one attached hydrogen (secondary N) is 1. The minimum atomic E-state index is 0.311. The quantitative estimate of drug-likeness (QED) is 0.690. The van der Waals surface area contributed by atoms with Crippen molar-refractivity contribution in [1.29, 1.82) is 0 Å². The Balaban J connectivity index is 2.64. The number of benzene rings is 1. The molecule has 6 heteroatoms. The van der Waals surface area contributed by atoms with Crippen LogP contribution in [0.2, 0.25) is 10.0 Å². The molecule has 1 N–H and O–H groups in total. The molecule has 0 saturated carbocycles. The van der Waals surface area contributed by atoms with Crippen molar-refractivity contribution in [3.63, 3.8) is 0 Å². The third-order valence-electron chi connectivity index (χ3n) is 2.78. The average molecular weight is 422 g/mol. The zero-order chi connectivity index (χ0) is 14.9. The van der Waals surface area contributed by atoms with Crippen LogP contribution in [0, 0.1) is 3.57 Å². The number of hydrogen-bond donors (Lipinski definition) is 1. The lowest BCUT2D eigenvalue weighted by Crippen LogP contribution is -2.06. The van der Waals surface area contributed by atoms with Gasteiger partial charge in [-0.05, 0) is 46.7 Å². The molecule has 1 aromatic heterocycles. The van der Waals surface area contributed by atoms with Crippen molar-refractivity contribution in [2.75, 3.05) is 12.4 Å². The van der Waals surface area contributed by atoms with Gasteiger partial charge in [0.25, 0.3) is 0 Å². The van der Waals surface area contributed by atoms with Crippen LogP contribution in [0.25, 0.3) is 11.4 Å². The van der Waals surface area contributed by atoms with Gasteiger partial charge in [-0.25, -0.2) is 9.97 Å². The minimum absolute atomic E-state index is 0.311. The molecule has 0 fully saturated rings. The normalized spacial score (nSPS) is 10.9. The second kappa shape index (κ2) is 6.45. The Kier molecular flexibility index (Phi) is 5.09. The van der Waals surface area contributed by atoms with Crippen LogP contribution in [0.15, 0.2) is 18.2 Å². The van der Waals surface area contributed by atoms with Crippen LogP contribution in [-0.4, -0.2) is 17.0 Å². The Morgan fingerprint density at radius 3 is 2.20 bits per heavy atom. The van der Waals surface area contributed by atoms with Gasteiger partial charge >= 0.3 is 0 Å². The summed E-state index contributed by atoms with van der Waals surface area (Å²) in [6, 6.07) is 5.33. The van der Waals surface area contributed by atoms with Crippen LogP contribution in [0.1, 0.15) is 25.5 Å². The first kappa shape index (κ1) is 15.8. The van der Waals surface area contributed by atoms with Crippen LogP contribution in [0.5, 0.6) is 0 Å². The number of rotatable bonds is 3. The maximum Gasteiger partial charge on any atom is 0.161 e. The van der Waals surface area contributed by atoms with Crippen LogP contribution in [0.4, 0.5) is 5.82 Å². The number of hydrogen-bond acceptors (Lipinski definition) is 3. The summed E-state index contributed by atoms with van der Waals surface area (Å²) in [6.45, 7) is 4.22. The highest BCUT2D eigenvalue weighted by atomic mass is 127. The molecule has 1 aromatic carbocycles. The summed E-state index contributed by atoms with van der Waals surface area (Å²) in [5.41, 5.74) is 1.83. The molecule has 0 unspecified atom stereocenters. The topological polar surface area (TPSA) is 37.8 Å². The lowest BCUT2D eigenvalue weighted by Gasteiger charge is -2.13. The molecule has 2 rings (SSSR count). The Morgan fingerprint density at radius 1 is 1.10 bits per heavy atom. The van der Waals surface area contributed by atoms with Gasteiger partial charge in [0.05, 0.1) is 9.26 Å². The average Bonchev–Trinajstić information content (AvgIpc) is 2.37. The van der Waals surface area contributed by atoms with E-state index in [0.717, 1.165) is 20.6 Å². The SMILES string of the molecule is CNc1nc(-c2cc(Cl)cc(Cl)c2)nc(C(C)C)c1I. The van der Waals surface area contributed by atoms with Crippen LogP contribution in [-0.2, 0) is 0 Å². The third kappa shape index (κ3) is 3.35. The monoisotopic (exact) mass is 421 g/mol. The van der Waals surface area contributed by atoms with Gasteiger partial charge in [0.2, 0.25) is 0 Å². The van der Waals surface area contributed by atoms with Crippen molar-refractivity contribution < 1.29 is 0 Å². The lowest BCUT2D eigenvalue weighted by molar-refractivity contribution is 0.809. The Morgan fingerprint density at radius 2 is 1.70 bits per heavy atom. The molecular weight excluding hydrogens is 408 g/mol. The van der Waals surface area contributed by atoms with E-state index in [1.807, 2.05) is 19.2 Å². The van der Waals surface area contributed by atoms with Gasteiger partial charge in [0.15, 0.2) is 5.82 Å². The van der Waals surface area contributed by atoms with Crippen LogP contribution >= 0.6 is 45.8 Å². The fourth-order valence-electron chi connectivity index (χ4n) is 1.82. The predicted octanol–water partition coefficient (Wildman–Crippen LogP) is 5.22. The number of halogens is 3. The Labute approximate surface area is 142 Å². The van der Waals surface area contributed by atoms with Gasteiger partial charge in [-0.3, -0.25) is 0 Å². The van der Waals surface area contributed by atoms with Crippen LogP contribution < -0.4 is 5.32 Å². The van der Waals surface area contributed by atoms with Crippen molar-refractivity contribution in [3.05, 3.63) is 37.5 Å². The maximum atomic E-state index is 6.05. The fourth-order valence-corrected chi connectivity index (χ4v) is 3.48. The molecule has 0 radical (unpaired) electrons. The second-order valence-electron chi connectivity index (χ2n) is 4.66. The van der Waals surface area contributed by atoms with E-state index in [0.29, 0.717) is 21.8 Å². The summed E-state index contributed by atoms with van der Waals surface area (Å²) in [4.78, 5) is 9.20. The summed E-state index contributed by atoms with van der Waals surface area (Å²) in [7, 11) is 1.85. The van der Waals surface area contributed by atoms with Gasteiger partial charge in [0.1, 0.15) is 5.82 Å². The first-order valence-electron chi connectivity index (χ1n) is 6.14. The first-order valence-corrected chi connectivity index (χ1v) is 7.97. The molecular formula is C14H14Cl2IN3. The van der Waals surface area contributed by atoms with E-state index < -0.39 is 0 Å². The first-order chi connectivity index (χ1) is 9.42. The van der Waals surface area contributed by atoms with E-state index in [1.54, 1.807) is 6.07 Å². The molecule has 0 aliphatic carbocycles. The van der Waals surface area contributed by atoms with E-state index in [4.69, 9.17) is 23.2 Å². The minimum Gasteiger partial charge on any atom is -0.372 e. The van der Waals surface area contributed by atoms with Gasteiger partial charge in [-0.2, -0.15) is 0 Å². The number of anilines is 1. The largest absolute Gasteiger partial charge is 0.372 e. The van der Waals surface area contributed by atoms with Crippen molar-refractivity contribution in [2.45, 2.75) is 19.8 Å². The number of nitrogens with zero attached hydrogens (tertiary/aromatic N) is 2. The van der Waals surface area contributed by atoms with E-state index in [-0.39, 0.29) is 0 Å². The molecule has 0 saturated heterocycles. The molecule has 0 bridgehead atoms. The molecule has 3 nitrogen and oxygen atoms in total. The summed E-state index contributed by atoms with van der Waals surface area (Å²) in [5, 5.41) is 4.26. The van der Waals surface area contributed by atoms with Gasteiger partial charge in [-0.1, -0.05) is 37.0 Å². The molecule has 0 aliphatic rings. The summed E-state index contributed by atoms with van der Waals surface area (Å²) < 4.78 is 1.04. The van der Waals surface area contributed by atoms with Gasteiger partial charge in [0, 0.05) is 22.7 Å². The van der Waals surface area contributed by atoms with E-state index >= 15 is 0 Å². The molecule has 106 valence electrons. The summed E-state index contributed by atoms with van der Waals surface area (Å²) in [5.74, 6) is 1.75. The number of aromatic nitrogens is 2. The summed E-state index contributed by atoms with van der Waals surface area (Å²) >= 11 is 14.4. The lowest BCUT2D eigenvalue weighted by atomic mass is 10.1. The van der Waals surface area contributed by atoms with E-state index in [9.17, 15) is 0 Å². The molecule has 0 spiro atoms.